The minimum Gasteiger partial charge on any atom is -0.507 e. The van der Waals surface area contributed by atoms with Gasteiger partial charge in [-0.15, -0.1) is 6.42 Å². The molecule has 1 fully saturated rings. The van der Waals surface area contributed by atoms with Crippen molar-refractivity contribution in [2.24, 2.45) is 5.73 Å². The van der Waals surface area contributed by atoms with E-state index in [-0.39, 0.29) is 27.8 Å². The Balaban J connectivity index is 1.38. The first-order chi connectivity index (χ1) is 22.3. The fourth-order valence-corrected chi connectivity index (χ4v) is 5.51. The molecule has 12 nitrogen and oxygen atoms in total. The molecule has 244 valence electrons. The van der Waals surface area contributed by atoms with E-state index in [4.69, 9.17) is 40.3 Å². The van der Waals surface area contributed by atoms with E-state index in [1.54, 1.807) is 63.2 Å². The molecule has 0 saturated carbocycles. The van der Waals surface area contributed by atoms with Crippen LogP contribution in [0.4, 0.5) is 4.79 Å². The van der Waals surface area contributed by atoms with Crippen molar-refractivity contribution in [1.29, 1.82) is 0 Å². The van der Waals surface area contributed by atoms with Crippen LogP contribution >= 0.6 is 0 Å². The predicted octanol–water partition coefficient (Wildman–Crippen LogP) is 4.36. The van der Waals surface area contributed by atoms with Gasteiger partial charge in [0.2, 0.25) is 6.29 Å². The molecule has 0 aliphatic carbocycles. The largest absolute Gasteiger partial charge is 0.507 e. The quantitative estimate of drug-likeness (QED) is 0.134. The fraction of sp³-hybridized carbons (Fsp3) is 0.286. The number of amides is 1. The number of hydrogen-bond acceptors (Lipinski definition) is 11. The SMILES string of the molecule is C#Cc1ccc(Oc2cccc(C(=O)Cc3c(O)c4ccc(O[C@@H]5OC(C)(C)[C@H](OC)[C@@H](OC(N)=O)[C@H]5O)c(C)c4oc3=O)c2)cc1. The molecule has 12 heteroatoms. The summed E-state index contributed by atoms with van der Waals surface area (Å²) in [5.74, 6) is 2.70. The van der Waals surface area contributed by atoms with Crippen LogP contribution in [0.15, 0.2) is 69.9 Å². The van der Waals surface area contributed by atoms with Gasteiger partial charge in [0.25, 0.3) is 0 Å². The van der Waals surface area contributed by atoms with Gasteiger partial charge < -0.3 is 44.0 Å². The number of hydrogen-bond donors (Lipinski definition) is 3. The van der Waals surface area contributed by atoms with Crippen molar-refractivity contribution in [3.63, 3.8) is 0 Å². The number of aliphatic hydroxyl groups is 1. The smallest absolute Gasteiger partial charge is 0.404 e. The monoisotopic (exact) mass is 643 g/mol. The number of carbonyl (C=O) groups is 2. The number of ketones is 1. The zero-order valence-corrected chi connectivity index (χ0v) is 26.0. The minimum atomic E-state index is -1.51. The van der Waals surface area contributed by atoms with E-state index in [1.807, 2.05) is 0 Å². The number of aliphatic hydroxyl groups excluding tert-OH is 1. The average Bonchev–Trinajstić information content (AvgIpc) is 3.03. The molecule has 1 amide bonds. The number of aryl methyl sites for hydroxylation is 1. The highest BCUT2D eigenvalue weighted by Gasteiger charge is 2.53. The van der Waals surface area contributed by atoms with Crippen molar-refractivity contribution in [3.8, 4) is 35.3 Å². The molecule has 3 aromatic carbocycles. The van der Waals surface area contributed by atoms with Crippen molar-refractivity contribution in [2.75, 3.05) is 7.11 Å². The molecule has 47 heavy (non-hydrogen) atoms. The lowest BCUT2D eigenvalue weighted by atomic mass is 9.89. The van der Waals surface area contributed by atoms with Gasteiger partial charge in [0.1, 0.15) is 34.7 Å². The number of nitrogens with two attached hydrogens (primary N) is 1. The number of fused-ring (bicyclic) bond motifs is 1. The van der Waals surface area contributed by atoms with Gasteiger partial charge >= 0.3 is 11.7 Å². The van der Waals surface area contributed by atoms with Crippen LogP contribution in [0.3, 0.4) is 0 Å². The highest BCUT2D eigenvalue weighted by Crippen LogP contribution is 2.38. The van der Waals surface area contributed by atoms with E-state index in [1.165, 1.54) is 25.3 Å². The van der Waals surface area contributed by atoms with E-state index in [0.717, 1.165) is 0 Å². The Hall–Kier alpha value is -5.35. The molecule has 4 atom stereocenters. The third-order valence-electron chi connectivity index (χ3n) is 7.86. The molecule has 1 aliphatic rings. The molecule has 1 aromatic heterocycles. The van der Waals surface area contributed by atoms with Crippen LogP contribution in [0, 0.1) is 19.3 Å². The first-order valence-electron chi connectivity index (χ1n) is 14.5. The molecule has 1 saturated heterocycles. The number of ether oxygens (including phenoxy) is 5. The summed E-state index contributed by atoms with van der Waals surface area (Å²) >= 11 is 0. The van der Waals surface area contributed by atoms with Crippen molar-refractivity contribution in [2.45, 2.75) is 57.4 Å². The number of primary amides is 1. The van der Waals surface area contributed by atoms with E-state index in [0.29, 0.717) is 22.6 Å². The number of rotatable bonds is 9. The molecule has 2 heterocycles. The predicted molar refractivity (Wildman–Crippen MR) is 169 cm³/mol. The summed E-state index contributed by atoms with van der Waals surface area (Å²) < 4.78 is 33.9. The molecule has 0 unspecified atom stereocenters. The second-order valence-corrected chi connectivity index (χ2v) is 11.4. The van der Waals surface area contributed by atoms with Gasteiger partial charge in [0.15, 0.2) is 18.0 Å². The van der Waals surface area contributed by atoms with Gasteiger partial charge in [0, 0.05) is 30.2 Å². The first kappa shape index (κ1) is 33.0. The Morgan fingerprint density at radius 3 is 2.47 bits per heavy atom. The van der Waals surface area contributed by atoms with Crippen molar-refractivity contribution < 1.29 is 47.9 Å². The highest BCUT2D eigenvalue weighted by atomic mass is 16.7. The van der Waals surface area contributed by atoms with Gasteiger partial charge in [-0.1, -0.05) is 18.1 Å². The zero-order chi connectivity index (χ0) is 34.0. The van der Waals surface area contributed by atoms with Crippen LogP contribution in [-0.4, -0.2) is 59.4 Å². The Morgan fingerprint density at radius 1 is 1.09 bits per heavy atom. The summed E-state index contributed by atoms with van der Waals surface area (Å²) in [7, 11) is 1.37. The van der Waals surface area contributed by atoms with Crippen LogP contribution in [-0.2, 0) is 20.6 Å². The van der Waals surface area contributed by atoms with Crippen molar-refractivity contribution in [1.82, 2.24) is 0 Å². The maximum atomic E-state index is 13.2. The Bertz CT molecular complexity index is 1920. The Kier molecular flexibility index (Phi) is 9.26. The van der Waals surface area contributed by atoms with Gasteiger partial charge in [-0.2, -0.15) is 0 Å². The number of Topliss-reactive ketones (excluding diaryl/α,β-unsaturated/α-hetero) is 1. The minimum absolute atomic E-state index is 0.00304. The average molecular weight is 644 g/mol. The number of carbonyl (C=O) groups excluding carboxylic acids is 2. The third-order valence-corrected chi connectivity index (χ3v) is 7.86. The van der Waals surface area contributed by atoms with Crippen LogP contribution < -0.4 is 20.8 Å². The molecule has 4 aromatic rings. The van der Waals surface area contributed by atoms with Gasteiger partial charge in [-0.3, -0.25) is 4.79 Å². The van der Waals surface area contributed by atoms with Crippen molar-refractivity contribution >= 4 is 22.8 Å². The Labute approximate surface area is 269 Å². The second kappa shape index (κ2) is 13.2. The summed E-state index contributed by atoms with van der Waals surface area (Å²) in [6.07, 6.45) is -1.13. The lowest BCUT2D eigenvalue weighted by Crippen LogP contribution is -2.65. The van der Waals surface area contributed by atoms with E-state index < -0.39 is 59.9 Å². The molecule has 4 N–H and O–H groups in total. The van der Waals surface area contributed by atoms with E-state index >= 15 is 0 Å². The summed E-state index contributed by atoms with van der Waals surface area (Å²) in [5.41, 5.74) is 4.22. The maximum absolute atomic E-state index is 13.2. The molecule has 1 aliphatic heterocycles. The second-order valence-electron chi connectivity index (χ2n) is 11.4. The molecular weight excluding hydrogens is 610 g/mol. The number of benzene rings is 3. The topological polar surface area (TPSA) is 177 Å². The fourth-order valence-electron chi connectivity index (χ4n) is 5.51. The maximum Gasteiger partial charge on any atom is 0.404 e. The molecule has 0 bridgehead atoms. The summed E-state index contributed by atoms with van der Waals surface area (Å²) in [6, 6.07) is 16.2. The summed E-state index contributed by atoms with van der Waals surface area (Å²) in [5, 5.41) is 22.2. The van der Waals surface area contributed by atoms with Gasteiger partial charge in [-0.25, -0.2) is 9.59 Å². The third kappa shape index (κ3) is 6.78. The van der Waals surface area contributed by atoms with Crippen LogP contribution in [0.1, 0.15) is 40.9 Å². The van der Waals surface area contributed by atoms with Crippen LogP contribution in [0.2, 0.25) is 0 Å². The normalized spacial score (nSPS) is 20.3. The van der Waals surface area contributed by atoms with E-state index in [9.17, 15) is 24.6 Å². The van der Waals surface area contributed by atoms with E-state index in [2.05, 4.69) is 5.92 Å². The van der Waals surface area contributed by atoms with Gasteiger partial charge in [-0.05, 0) is 69.3 Å². The van der Waals surface area contributed by atoms with Crippen molar-refractivity contribution in [3.05, 3.63) is 93.3 Å². The summed E-state index contributed by atoms with van der Waals surface area (Å²) in [4.78, 5) is 37.9. The zero-order valence-electron chi connectivity index (χ0n) is 26.0. The molecule has 5 rings (SSSR count). The summed E-state index contributed by atoms with van der Waals surface area (Å²) in [6.45, 7) is 4.90. The number of aromatic hydroxyl groups is 1. The highest BCUT2D eigenvalue weighted by molar-refractivity contribution is 5.99. The lowest BCUT2D eigenvalue weighted by molar-refractivity contribution is -0.304. The van der Waals surface area contributed by atoms with Crippen LogP contribution in [0.5, 0.6) is 23.0 Å². The number of methoxy groups -OCH3 is 1. The standard InChI is InChI=1S/C35H33NO11/c1-6-19-10-12-21(13-11-19)43-22-9-7-8-20(16-22)25(37)17-24-27(38)23-14-15-26(18(2)29(23)45-32(24)40)44-33-28(39)30(46-34(36)41)31(42-5)35(3,4)47-33/h1,7-16,28,30-31,33,38-39H,17H2,2-5H3,(H2,36,41)/t28-,30+,31-,33-/m1/s1. The Morgan fingerprint density at radius 2 is 1.81 bits per heavy atom. The number of terminal acetylenes is 1. The van der Waals surface area contributed by atoms with Crippen LogP contribution in [0.25, 0.3) is 11.0 Å². The molecule has 0 spiro atoms. The molecule has 0 radical (unpaired) electrons. The lowest BCUT2D eigenvalue weighted by Gasteiger charge is -2.47. The first-order valence-corrected chi connectivity index (χ1v) is 14.5. The van der Waals surface area contributed by atoms with Gasteiger partial charge in [0.05, 0.1) is 16.6 Å². The molecular formula is C35H33NO11.